The van der Waals surface area contributed by atoms with Gasteiger partial charge in [0, 0.05) is 30.9 Å². The van der Waals surface area contributed by atoms with E-state index in [4.69, 9.17) is 4.74 Å². The maximum absolute atomic E-state index is 12.4. The summed E-state index contributed by atoms with van der Waals surface area (Å²) in [5.41, 5.74) is 5.18. The van der Waals surface area contributed by atoms with Crippen LogP contribution in [0.5, 0.6) is 5.75 Å². The molecule has 0 atom stereocenters. The minimum atomic E-state index is -0.164. The predicted octanol–water partition coefficient (Wildman–Crippen LogP) is 4.21. The first-order valence-corrected chi connectivity index (χ1v) is 11.3. The maximum atomic E-state index is 12.4. The van der Waals surface area contributed by atoms with Crippen LogP contribution in [0.15, 0.2) is 48.5 Å². The van der Waals surface area contributed by atoms with Crippen molar-refractivity contribution in [1.29, 1.82) is 0 Å². The molecule has 0 saturated heterocycles. The number of carbonyl (C=O) groups is 1. The number of thiazole rings is 1. The highest BCUT2D eigenvalue weighted by Gasteiger charge is 2.21. The standard InChI is InChI=1S/C24H25N3O2S/c28-23(16-29-20-10-9-18-7-4-8-19(18)13-20)26-24-25-21-11-12-27(15-22(21)30-24)14-17-5-2-1-3-6-17/h1-3,5-6,9-10,13H,4,7-8,11-12,14-16H2,(H,25,26,28). The molecule has 2 aromatic carbocycles. The Morgan fingerprint density at radius 1 is 1.10 bits per heavy atom. The third kappa shape index (κ3) is 4.40. The fraction of sp³-hybridized carbons (Fsp3) is 0.333. The van der Waals surface area contributed by atoms with Gasteiger partial charge in [-0.2, -0.15) is 0 Å². The Hall–Kier alpha value is -2.70. The summed E-state index contributed by atoms with van der Waals surface area (Å²) < 4.78 is 5.71. The summed E-state index contributed by atoms with van der Waals surface area (Å²) in [4.78, 5) is 20.7. The highest BCUT2D eigenvalue weighted by molar-refractivity contribution is 7.15. The summed E-state index contributed by atoms with van der Waals surface area (Å²) in [6, 6.07) is 16.7. The number of rotatable bonds is 6. The average molecular weight is 420 g/mol. The van der Waals surface area contributed by atoms with Gasteiger partial charge in [0.05, 0.1) is 5.69 Å². The van der Waals surface area contributed by atoms with Gasteiger partial charge in [-0.15, -0.1) is 11.3 Å². The minimum absolute atomic E-state index is 0.00314. The molecule has 1 N–H and O–H groups in total. The molecular formula is C24H25N3O2S. The van der Waals surface area contributed by atoms with Crippen LogP contribution in [-0.2, 0) is 37.1 Å². The van der Waals surface area contributed by atoms with E-state index in [1.807, 2.05) is 12.1 Å². The van der Waals surface area contributed by atoms with Gasteiger partial charge in [0.15, 0.2) is 11.7 Å². The van der Waals surface area contributed by atoms with Crippen molar-refractivity contribution in [3.8, 4) is 5.75 Å². The summed E-state index contributed by atoms with van der Waals surface area (Å²) in [5.74, 6) is 0.600. The van der Waals surface area contributed by atoms with Crippen molar-refractivity contribution in [2.75, 3.05) is 18.5 Å². The van der Waals surface area contributed by atoms with Crippen molar-refractivity contribution in [3.05, 3.63) is 75.8 Å². The zero-order valence-electron chi connectivity index (χ0n) is 16.9. The Balaban J connectivity index is 1.15. The van der Waals surface area contributed by atoms with Gasteiger partial charge in [-0.25, -0.2) is 4.98 Å². The molecule has 1 aromatic heterocycles. The first-order valence-electron chi connectivity index (χ1n) is 10.5. The first kappa shape index (κ1) is 19.3. The minimum Gasteiger partial charge on any atom is -0.484 e. The van der Waals surface area contributed by atoms with E-state index in [0.29, 0.717) is 5.13 Å². The van der Waals surface area contributed by atoms with Crippen LogP contribution in [-0.4, -0.2) is 28.9 Å². The van der Waals surface area contributed by atoms with E-state index in [1.54, 1.807) is 11.3 Å². The molecule has 0 saturated carbocycles. The first-order chi connectivity index (χ1) is 14.7. The molecule has 5 rings (SSSR count). The Labute approximate surface area is 180 Å². The molecule has 0 fully saturated rings. The number of nitrogens with zero attached hydrogens (tertiary/aromatic N) is 2. The number of anilines is 1. The fourth-order valence-corrected chi connectivity index (χ4v) is 5.29. The van der Waals surface area contributed by atoms with Gasteiger partial charge in [-0.1, -0.05) is 36.4 Å². The van der Waals surface area contributed by atoms with Gasteiger partial charge in [-0.3, -0.25) is 15.0 Å². The Bertz CT molecular complexity index is 1050. The summed E-state index contributed by atoms with van der Waals surface area (Å²) in [6.07, 6.45) is 4.37. The Morgan fingerprint density at radius 2 is 1.97 bits per heavy atom. The topological polar surface area (TPSA) is 54.5 Å². The predicted molar refractivity (Wildman–Crippen MR) is 119 cm³/mol. The lowest BCUT2D eigenvalue weighted by Gasteiger charge is -2.25. The molecule has 0 bridgehead atoms. The van der Waals surface area contributed by atoms with E-state index in [2.05, 4.69) is 51.6 Å². The lowest BCUT2D eigenvalue weighted by Crippen LogP contribution is -2.29. The van der Waals surface area contributed by atoms with Crippen molar-refractivity contribution in [2.24, 2.45) is 0 Å². The second kappa shape index (κ2) is 8.58. The van der Waals surface area contributed by atoms with E-state index >= 15 is 0 Å². The third-order valence-electron chi connectivity index (χ3n) is 5.75. The number of ether oxygens (including phenoxy) is 1. The molecule has 3 aromatic rings. The van der Waals surface area contributed by atoms with Crippen molar-refractivity contribution in [2.45, 2.75) is 38.8 Å². The van der Waals surface area contributed by atoms with E-state index in [0.717, 1.165) is 50.3 Å². The van der Waals surface area contributed by atoms with E-state index in [9.17, 15) is 4.79 Å². The number of aromatic nitrogens is 1. The maximum Gasteiger partial charge on any atom is 0.264 e. The molecule has 30 heavy (non-hydrogen) atoms. The molecule has 1 amide bonds. The van der Waals surface area contributed by atoms with Crippen LogP contribution in [0.2, 0.25) is 0 Å². The van der Waals surface area contributed by atoms with E-state index < -0.39 is 0 Å². The Morgan fingerprint density at radius 3 is 2.87 bits per heavy atom. The highest BCUT2D eigenvalue weighted by atomic mass is 32.1. The molecule has 0 radical (unpaired) electrons. The number of amides is 1. The molecule has 2 heterocycles. The number of nitrogens with one attached hydrogen (secondary N) is 1. The molecule has 0 spiro atoms. The van der Waals surface area contributed by atoms with Gasteiger partial charge >= 0.3 is 0 Å². The van der Waals surface area contributed by atoms with Crippen LogP contribution in [0.4, 0.5) is 5.13 Å². The molecule has 0 unspecified atom stereocenters. The third-order valence-corrected chi connectivity index (χ3v) is 6.74. The van der Waals surface area contributed by atoms with E-state index in [-0.39, 0.29) is 12.5 Å². The van der Waals surface area contributed by atoms with Gasteiger partial charge in [-0.05, 0) is 48.1 Å². The number of hydrogen-bond acceptors (Lipinski definition) is 5. The molecule has 154 valence electrons. The number of hydrogen-bond donors (Lipinski definition) is 1. The van der Waals surface area contributed by atoms with E-state index in [1.165, 1.54) is 28.0 Å². The number of benzene rings is 2. The molecule has 1 aliphatic heterocycles. The normalized spacial score (nSPS) is 15.5. The van der Waals surface area contributed by atoms with Gasteiger partial charge in [0.2, 0.25) is 0 Å². The second-order valence-corrected chi connectivity index (χ2v) is 9.04. The summed E-state index contributed by atoms with van der Waals surface area (Å²) in [5, 5.41) is 3.58. The van der Waals surface area contributed by atoms with Gasteiger partial charge in [0.1, 0.15) is 5.75 Å². The monoisotopic (exact) mass is 419 g/mol. The lowest BCUT2D eigenvalue weighted by atomic mass is 10.1. The van der Waals surface area contributed by atoms with Gasteiger partial charge < -0.3 is 4.74 Å². The van der Waals surface area contributed by atoms with Crippen LogP contribution < -0.4 is 10.1 Å². The number of carbonyl (C=O) groups excluding carboxylic acids is 1. The van der Waals surface area contributed by atoms with Crippen LogP contribution >= 0.6 is 11.3 Å². The zero-order chi connectivity index (χ0) is 20.3. The van der Waals surface area contributed by atoms with Crippen LogP contribution in [0.1, 0.15) is 33.7 Å². The zero-order valence-corrected chi connectivity index (χ0v) is 17.7. The van der Waals surface area contributed by atoms with Crippen molar-refractivity contribution in [1.82, 2.24) is 9.88 Å². The quantitative estimate of drug-likeness (QED) is 0.650. The molecule has 6 heteroatoms. The molecule has 1 aliphatic carbocycles. The van der Waals surface area contributed by atoms with Crippen molar-refractivity contribution >= 4 is 22.4 Å². The van der Waals surface area contributed by atoms with Gasteiger partial charge in [0.25, 0.3) is 5.91 Å². The molecular weight excluding hydrogens is 394 g/mol. The van der Waals surface area contributed by atoms with Crippen LogP contribution in [0.3, 0.4) is 0 Å². The summed E-state index contributed by atoms with van der Waals surface area (Å²) >= 11 is 1.58. The second-order valence-electron chi connectivity index (χ2n) is 7.96. The van der Waals surface area contributed by atoms with Crippen LogP contribution in [0, 0.1) is 0 Å². The molecule has 2 aliphatic rings. The largest absolute Gasteiger partial charge is 0.484 e. The Kier molecular flexibility index (Phi) is 5.51. The SMILES string of the molecule is O=C(COc1ccc2c(c1)CCC2)Nc1nc2c(s1)CN(Cc1ccccc1)CC2. The van der Waals surface area contributed by atoms with Crippen molar-refractivity contribution in [3.63, 3.8) is 0 Å². The average Bonchev–Trinajstić information content (AvgIpc) is 3.38. The fourth-order valence-electron chi connectivity index (χ4n) is 4.22. The van der Waals surface area contributed by atoms with Crippen molar-refractivity contribution < 1.29 is 9.53 Å². The number of aryl methyl sites for hydroxylation is 2. The molecule has 5 nitrogen and oxygen atoms in total. The van der Waals surface area contributed by atoms with Crippen LogP contribution in [0.25, 0.3) is 0 Å². The lowest BCUT2D eigenvalue weighted by molar-refractivity contribution is -0.118. The summed E-state index contributed by atoms with van der Waals surface area (Å²) in [7, 11) is 0. The smallest absolute Gasteiger partial charge is 0.264 e. The number of fused-ring (bicyclic) bond motifs is 2. The summed E-state index contributed by atoms with van der Waals surface area (Å²) in [6.45, 7) is 2.81. The highest BCUT2D eigenvalue weighted by Crippen LogP contribution is 2.29.